The minimum atomic E-state index is 0.650. The standard InChI is InChI=1S/C28H24N2O2S/c1-4-8-22(5-2)32-23-12-14-24(15-13-23)33-30-21-11-16-26(28(17-21)31-3)27-19-29-18-20-9-6-7-10-25(20)27/h4-19,30H,1-2H2,3H3/b22-8+. The third-order valence-corrected chi connectivity index (χ3v) is 5.84. The van der Waals surface area contributed by atoms with E-state index >= 15 is 0 Å². The van der Waals surface area contributed by atoms with Crippen LogP contribution < -0.4 is 14.2 Å². The summed E-state index contributed by atoms with van der Waals surface area (Å²) in [5.41, 5.74) is 2.99. The van der Waals surface area contributed by atoms with Gasteiger partial charge in [-0.05, 0) is 65.9 Å². The summed E-state index contributed by atoms with van der Waals surface area (Å²) in [6.45, 7) is 7.42. The van der Waals surface area contributed by atoms with Gasteiger partial charge in [-0.3, -0.25) is 4.98 Å². The van der Waals surface area contributed by atoms with E-state index in [4.69, 9.17) is 9.47 Å². The molecule has 0 bridgehead atoms. The van der Waals surface area contributed by atoms with Crippen molar-refractivity contribution in [3.05, 3.63) is 116 Å². The first kappa shape index (κ1) is 22.2. The van der Waals surface area contributed by atoms with Gasteiger partial charge in [0.05, 0.1) is 7.11 Å². The number of rotatable bonds is 9. The van der Waals surface area contributed by atoms with Crippen molar-refractivity contribution in [3.63, 3.8) is 0 Å². The Kier molecular flexibility index (Phi) is 7.12. The molecule has 0 aliphatic rings. The number of ether oxygens (including phenoxy) is 2. The number of methoxy groups -OCH3 is 1. The summed E-state index contributed by atoms with van der Waals surface area (Å²) in [6.07, 6.45) is 8.84. The lowest BCUT2D eigenvalue weighted by molar-refractivity contribution is 0.416. The van der Waals surface area contributed by atoms with E-state index in [1.54, 1.807) is 25.3 Å². The van der Waals surface area contributed by atoms with Crippen LogP contribution in [0.5, 0.6) is 11.5 Å². The molecule has 4 rings (SSSR count). The maximum atomic E-state index is 5.76. The lowest BCUT2D eigenvalue weighted by atomic mass is 10.00. The van der Waals surface area contributed by atoms with E-state index in [0.717, 1.165) is 44.0 Å². The number of allylic oxidation sites excluding steroid dienone is 3. The monoisotopic (exact) mass is 452 g/mol. The zero-order valence-corrected chi connectivity index (χ0v) is 19.1. The first-order valence-corrected chi connectivity index (χ1v) is 11.2. The molecule has 1 N–H and O–H groups in total. The van der Waals surface area contributed by atoms with E-state index in [1.807, 2.05) is 60.9 Å². The summed E-state index contributed by atoms with van der Waals surface area (Å²) in [5.74, 6) is 2.17. The molecule has 1 heterocycles. The quantitative estimate of drug-likeness (QED) is 0.160. The average Bonchev–Trinajstić information content (AvgIpc) is 2.87. The zero-order chi connectivity index (χ0) is 23.0. The first-order chi connectivity index (χ1) is 16.2. The minimum Gasteiger partial charge on any atom is -0.496 e. The van der Waals surface area contributed by atoms with Crippen molar-refractivity contribution in [2.45, 2.75) is 4.90 Å². The number of pyridine rings is 1. The molecule has 33 heavy (non-hydrogen) atoms. The summed E-state index contributed by atoms with van der Waals surface area (Å²) < 4.78 is 14.9. The van der Waals surface area contributed by atoms with Crippen LogP contribution in [-0.2, 0) is 0 Å². The third kappa shape index (κ3) is 5.27. The van der Waals surface area contributed by atoms with Crippen molar-refractivity contribution < 1.29 is 9.47 Å². The van der Waals surface area contributed by atoms with Crippen molar-refractivity contribution in [1.82, 2.24) is 4.98 Å². The molecule has 164 valence electrons. The highest BCUT2D eigenvalue weighted by Crippen LogP contribution is 2.37. The van der Waals surface area contributed by atoms with Crippen LogP contribution in [0, 0.1) is 0 Å². The topological polar surface area (TPSA) is 43.4 Å². The maximum absolute atomic E-state index is 5.76. The Balaban J connectivity index is 1.49. The van der Waals surface area contributed by atoms with Gasteiger partial charge in [-0.25, -0.2) is 0 Å². The van der Waals surface area contributed by atoms with Crippen LogP contribution in [0.3, 0.4) is 0 Å². The number of nitrogens with one attached hydrogen (secondary N) is 1. The third-order valence-electron chi connectivity index (χ3n) is 4.99. The van der Waals surface area contributed by atoms with E-state index in [9.17, 15) is 0 Å². The predicted molar refractivity (Wildman–Crippen MR) is 139 cm³/mol. The second kappa shape index (κ2) is 10.6. The van der Waals surface area contributed by atoms with Crippen LogP contribution in [0.2, 0.25) is 0 Å². The Hall–Kier alpha value is -3.96. The van der Waals surface area contributed by atoms with Crippen LogP contribution in [-0.4, -0.2) is 12.1 Å². The highest BCUT2D eigenvalue weighted by molar-refractivity contribution is 8.00. The Labute approximate surface area is 198 Å². The van der Waals surface area contributed by atoms with Crippen molar-refractivity contribution >= 4 is 28.4 Å². The Morgan fingerprint density at radius 2 is 1.79 bits per heavy atom. The van der Waals surface area contributed by atoms with Gasteiger partial charge in [-0.1, -0.05) is 43.5 Å². The van der Waals surface area contributed by atoms with Crippen molar-refractivity contribution in [2.75, 3.05) is 11.8 Å². The fraction of sp³-hybridized carbons (Fsp3) is 0.0357. The zero-order valence-electron chi connectivity index (χ0n) is 18.3. The molecule has 0 spiro atoms. The smallest absolute Gasteiger partial charge is 0.128 e. The van der Waals surface area contributed by atoms with Crippen molar-refractivity contribution in [2.24, 2.45) is 0 Å². The Bertz CT molecular complexity index is 1310. The summed E-state index contributed by atoms with van der Waals surface area (Å²) in [5, 5.41) is 2.24. The fourth-order valence-corrected chi connectivity index (χ4v) is 4.03. The number of nitrogens with zero attached hydrogens (tertiary/aromatic N) is 1. The normalized spacial score (nSPS) is 11.1. The highest BCUT2D eigenvalue weighted by atomic mass is 32.2. The number of hydrogen-bond donors (Lipinski definition) is 1. The first-order valence-electron chi connectivity index (χ1n) is 10.4. The van der Waals surface area contributed by atoms with Gasteiger partial charge >= 0.3 is 0 Å². The van der Waals surface area contributed by atoms with Crippen molar-refractivity contribution in [3.8, 4) is 22.6 Å². The van der Waals surface area contributed by atoms with E-state index in [0.29, 0.717) is 5.76 Å². The lowest BCUT2D eigenvalue weighted by Crippen LogP contribution is -1.93. The van der Waals surface area contributed by atoms with Crippen LogP contribution in [0.4, 0.5) is 5.69 Å². The summed E-state index contributed by atoms with van der Waals surface area (Å²) in [7, 11) is 1.69. The van der Waals surface area contributed by atoms with Gasteiger partial charge in [-0.15, -0.1) is 0 Å². The molecule has 0 aliphatic carbocycles. The van der Waals surface area contributed by atoms with Crippen LogP contribution >= 0.6 is 11.9 Å². The second-order valence-electron chi connectivity index (χ2n) is 7.11. The van der Waals surface area contributed by atoms with Gasteiger partial charge in [0.15, 0.2) is 0 Å². The molecule has 0 unspecified atom stereocenters. The molecule has 0 atom stereocenters. The molecule has 0 saturated carbocycles. The molecule has 0 aliphatic heterocycles. The number of fused-ring (bicyclic) bond motifs is 1. The number of hydrogen-bond acceptors (Lipinski definition) is 5. The SMILES string of the molecule is C=C/C=C(\C=C)Oc1ccc(SNc2ccc(-c3cncc4ccccc34)c(OC)c2)cc1. The molecular weight excluding hydrogens is 428 g/mol. The molecule has 4 aromatic rings. The summed E-state index contributed by atoms with van der Waals surface area (Å²) in [4.78, 5) is 5.46. The molecule has 5 heteroatoms. The van der Waals surface area contributed by atoms with E-state index in [1.165, 1.54) is 11.9 Å². The Morgan fingerprint density at radius 1 is 0.970 bits per heavy atom. The van der Waals surface area contributed by atoms with Crippen molar-refractivity contribution in [1.29, 1.82) is 0 Å². The van der Waals surface area contributed by atoms with Gasteiger partial charge in [0.1, 0.15) is 17.3 Å². The van der Waals surface area contributed by atoms with Gasteiger partial charge < -0.3 is 14.2 Å². The fourth-order valence-electron chi connectivity index (χ4n) is 3.40. The molecule has 1 aromatic heterocycles. The molecule has 3 aromatic carbocycles. The van der Waals surface area contributed by atoms with Gasteiger partial charge in [0.2, 0.25) is 0 Å². The number of anilines is 1. The summed E-state index contributed by atoms with van der Waals surface area (Å²) >= 11 is 1.52. The van der Waals surface area contributed by atoms with Crippen LogP contribution in [0.15, 0.2) is 121 Å². The molecular formula is C28H24N2O2S. The Morgan fingerprint density at radius 3 is 2.55 bits per heavy atom. The molecule has 0 amide bonds. The highest BCUT2D eigenvalue weighted by Gasteiger charge is 2.11. The van der Waals surface area contributed by atoms with E-state index in [2.05, 4.69) is 41.1 Å². The average molecular weight is 453 g/mol. The molecule has 0 saturated heterocycles. The largest absolute Gasteiger partial charge is 0.496 e. The molecule has 4 nitrogen and oxygen atoms in total. The molecule has 0 fully saturated rings. The van der Waals surface area contributed by atoms with Gasteiger partial charge in [0.25, 0.3) is 0 Å². The number of benzene rings is 3. The number of aromatic nitrogens is 1. The van der Waals surface area contributed by atoms with Gasteiger partial charge in [0, 0.05) is 45.6 Å². The summed E-state index contributed by atoms with van der Waals surface area (Å²) in [6, 6.07) is 22.2. The van der Waals surface area contributed by atoms with E-state index in [-0.39, 0.29) is 0 Å². The van der Waals surface area contributed by atoms with E-state index < -0.39 is 0 Å². The maximum Gasteiger partial charge on any atom is 0.128 e. The van der Waals surface area contributed by atoms with Crippen LogP contribution in [0.1, 0.15) is 0 Å². The predicted octanol–water partition coefficient (Wildman–Crippen LogP) is 7.66. The second-order valence-corrected chi connectivity index (χ2v) is 7.99. The van der Waals surface area contributed by atoms with Gasteiger partial charge in [-0.2, -0.15) is 0 Å². The minimum absolute atomic E-state index is 0.650. The van der Waals surface area contributed by atoms with Crippen LogP contribution in [0.25, 0.3) is 21.9 Å². The lowest BCUT2D eigenvalue weighted by Gasteiger charge is -2.13. The molecule has 0 radical (unpaired) electrons.